The van der Waals surface area contributed by atoms with Gasteiger partial charge in [0, 0.05) is 6.07 Å². The number of fused-ring (bicyclic) bond motifs is 1. The van der Waals surface area contributed by atoms with Crippen molar-refractivity contribution in [2.75, 3.05) is 20.0 Å². The number of hydrogen-bond donors (Lipinski definition) is 1. The van der Waals surface area contributed by atoms with Crippen LogP contribution in [0.5, 0.6) is 11.5 Å². The van der Waals surface area contributed by atoms with E-state index in [9.17, 15) is 0 Å². The van der Waals surface area contributed by atoms with Crippen molar-refractivity contribution in [3.63, 3.8) is 0 Å². The molecule has 0 saturated carbocycles. The van der Waals surface area contributed by atoms with Crippen molar-refractivity contribution >= 4 is 28.7 Å². The lowest BCUT2D eigenvalue weighted by molar-refractivity contribution is 0.393. The first-order chi connectivity index (χ1) is 10.6. The van der Waals surface area contributed by atoms with Crippen molar-refractivity contribution in [3.8, 4) is 11.5 Å². The monoisotopic (exact) mass is 319 g/mol. The Kier molecular flexibility index (Phi) is 3.72. The Balaban J connectivity index is 2.03. The van der Waals surface area contributed by atoms with Gasteiger partial charge in [0.2, 0.25) is 5.95 Å². The molecule has 3 aromatic rings. The fourth-order valence-electron chi connectivity index (χ4n) is 2.20. The molecule has 0 spiro atoms. The summed E-state index contributed by atoms with van der Waals surface area (Å²) >= 11 is 6.03. The molecule has 0 radical (unpaired) electrons. The summed E-state index contributed by atoms with van der Waals surface area (Å²) in [5, 5.41) is 0.240. The molecule has 0 saturated heterocycles. The molecule has 8 heteroatoms. The molecule has 2 aromatic heterocycles. The van der Waals surface area contributed by atoms with Crippen LogP contribution >= 0.6 is 11.6 Å². The van der Waals surface area contributed by atoms with Crippen molar-refractivity contribution in [2.45, 2.75) is 6.54 Å². The third-order valence-electron chi connectivity index (χ3n) is 3.20. The number of nitrogens with zero attached hydrogens (tertiary/aromatic N) is 4. The number of nitrogens with two attached hydrogens (primary N) is 1. The van der Waals surface area contributed by atoms with E-state index in [1.54, 1.807) is 20.5 Å². The van der Waals surface area contributed by atoms with Gasteiger partial charge in [-0.2, -0.15) is 9.97 Å². The molecule has 0 aliphatic heterocycles. The van der Waals surface area contributed by atoms with Crippen LogP contribution < -0.4 is 15.2 Å². The number of nitrogen functional groups attached to an aromatic ring is 1. The second-order valence-corrected chi connectivity index (χ2v) is 5.00. The van der Waals surface area contributed by atoms with E-state index in [0.717, 1.165) is 5.56 Å². The number of hydrogen-bond acceptors (Lipinski definition) is 6. The molecule has 0 fully saturated rings. The highest BCUT2D eigenvalue weighted by Gasteiger charge is 2.11. The standard InChI is InChI=1S/C14H14ClN5O2/c1-21-9-3-8(4-10(5-9)22-2)6-20-7-17-11-12(15)18-14(16)19-13(11)20/h3-5,7H,6H2,1-2H3,(H2,16,18,19). The van der Waals surface area contributed by atoms with Crippen LogP contribution in [0.3, 0.4) is 0 Å². The van der Waals surface area contributed by atoms with Crippen molar-refractivity contribution in [1.82, 2.24) is 19.5 Å². The quantitative estimate of drug-likeness (QED) is 0.741. The van der Waals surface area contributed by atoms with E-state index < -0.39 is 0 Å². The Morgan fingerprint density at radius 2 is 1.82 bits per heavy atom. The van der Waals surface area contributed by atoms with Crippen LogP contribution in [-0.2, 0) is 6.54 Å². The Morgan fingerprint density at radius 3 is 2.45 bits per heavy atom. The molecule has 7 nitrogen and oxygen atoms in total. The first-order valence-corrected chi connectivity index (χ1v) is 6.84. The van der Waals surface area contributed by atoms with Crippen LogP contribution in [0.1, 0.15) is 5.56 Å². The summed E-state index contributed by atoms with van der Waals surface area (Å²) in [6.45, 7) is 0.525. The van der Waals surface area contributed by atoms with Crippen molar-refractivity contribution in [3.05, 3.63) is 35.2 Å². The largest absolute Gasteiger partial charge is 0.497 e. The van der Waals surface area contributed by atoms with E-state index in [0.29, 0.717) is 29.2 Å². The second-order valence-electron chi connectivity index (χ2n) is 4.64. The molecule has 0 aliphatic carbocycles. The molecule has 0 atom stereocenters. The van der Waals surface area contributed by atoms with Crippen LogP contribution in [-0.4, -0.2) is 33.7 Å². The van der Waals surface area contributed by atoms with Gasteiger partial charge in [-0.25, -0.2) is 4.98 Å². The first-order valence-electron chi connectivity index (χ1n) is 6.46. The first kappa shape index (κ1) is 14.4. The van der Waals surface area contributed by atoms with E-state index in [-0.39, 0.29) is 11.1 Å². The number of halogens is 1. The van der Waals surface area contributed by atoms with Crippen molar-refractivity contribution in [1.29, 1.82) is 0 Å². The van der Waals surface area contributed by atoms with Crippen LogP contribution in [0.2, 0.25) is 5.15 Å². The Labute approximate surface area is 131 Å². The maximum atomic E-state index is 6.03. The maximum Gasteiger partial charge on any atom is 0.223 e. The van der Waals surface area contributed by atoms with Crippen LogP contribution in [0.25, 0.3) is 11.2 Å². The van der Waals surface area contributed by atoms with E-state index in [1.165, 1.54) is 0 Å². The molecule has 0 aliphatic rings. The molecule has 2 N–H and O–H groups in total. The predicted molar refractivity (Wildman–Crippen MR) is 83.4 cm³/mol. The summed E-state index contributed by atoms with van der Waals surface area (Å²) in [5.41, 5.74) is 7.73. The average molecular weight is 320 g/mol. The molecule has 22 heavy (non-hydrogen) atoms. The number of methoxy groups -OCH3 is 2. The predicted octanol–water partition coefficient (Wildman–Crippen LogP) is 2.13. The number of anilines is 1. The van der Waals surface area contributed by atoms with Crippen molar-refractivity contribution in [2.24, 2.45) is 0 Å². The highest BCUT2D eigenvalue weighted by molar-refractivity contribution is 6.33. The molecular weight excluding hydrogens is 306 g/mol. The molecule has 0 bridgehead atoms. The van der Waals surface area contributed by atoms with Gasteiger partial charge >= 0.3 is 0 Å². The Morgan fingerprint density at radius 1 is 1.14 bits per heavy atom. The zero-order valence-corrected chi connectivity index (χ0v) is 12.8. The summed E-state index contributed by atoms with van der Waals surface area (Å²) in [4.78, 5) is 12.3. The zero-order chi connectivity index (χ0) is 15.7. The molecular formula is C14H14ClN5O2. The summed E-state index contributed by atoms with van der Waals surface area (Å²) in [5.74, 6) is 1.54. The normalized spacial score (nSPS) is 10.9. The summed E-state index contributed by atoms with van der Waals surface area (Å²) in [6, 6.07) is 5.65. The van der Waals surface area contributed by atoms with Gasteiger partial charge < -0.3 is 19.8 Å². The number of aromatic nitrogens is 4. The van der Waals surface area contributed by atoms with Gasteiger partial charge in [-0.15, -0.1) is 0 Å². The second kappa shape index (κ2) is 5.69. The highest BCUT2D eigenvalue weighted by atomic mass is 35.5. The Hall–Kier alpha value is -2.54. The van der Waals surface area contributed by atoms with Gasteiger partial charge in [-0.05, 0) is 17.7 Å². The Bertz CT molecular complexity index is 811. The number of rotatable bonds is 4. The molecule has 3 rings (SSSR count). The third-order valence-corrected chi connectivity index (χ3v) is 3.47. The van der Waals surface area contributed by atoms with Crippen LogP contribution in [0.4, 0.5) is 5.95 Å². The van der Waals surface area contributed by atoms with E-state index in [1.807, 2.05) is 22.8 Å². The van der Waals surface area contributed by atoms with E-state index in [4.69, 9.17) is 26.8 Å². The minimum absolute atomic E-state index is 0.113. The SMILES string of the molecule is COc1cc(Cn2cnc3c(Cl)nc(N)nc32)cc(OC)c1. The number of ether oxygens (including phenoxy) is 2. The lowest BCUT2D eigenvalue weighted by atomic mass is 10.2. The van der Waals surface area contributed by atoms with Gasteiger partial charge in [0.1, 0.15) is 17.0 Å². The molecule has 0 unspecified atom stereocenters. The fraction of sp³-hybridized carbons (Fsp3) is 0.214. The lowest BCUT2D eigenvalue weighted by Crippen LogP contribution is -2.03. The minimum atomic E-state index is 0.113. The molecule has 2 heterocycles. The maximum absolute atomic E-state index is 6.03. The highest BCUT2D eigenvalue weighted by Crippen LogP contribution is 2.25. The molecule has 114 valence electrons. The van der Waals surface area contributed by atoms with Crippen LogP contribution in [0.15, 0.2) is 24.5 Å². The number of imidazole rings is 1. The number of benzene rings is 1. The van der Waals surface area contributed by atoms with Gasteiger partial charge in [-0.1, -0.05) is 11.6 Å². The van der Waals surface area contributed by atoms with Gasteiger partial charge in [0.05, 0.1) is 27.1 Å². The van der Waals surface area contributed by atoms with Crippen LogP contribution in [0, 0.1) is 0 Å². The third kappa shape index (κ3) is 2.62. The van der Waals surface area contributed by atoms with Gasteiger partial charge in [-0.3, -0.25) is 0 Å². The lowest BCUT2D eigenvalue weighted by Gasteiger charge is -2.09. The van der Waals surface area contributed by atoms with Gasteiger partial charge in [0.15, 0.2) is 10.8 Å². The zero-order valence-electron chi connectivity index (χ0n) is 12.1. The van der Waals surface area contributed by atoms with Gasteiger partial charge in [0.25, 0.3) is 0 Å². The summed E-state index contributed by atoms with van der Waals surface area (Å²) < 4.78 is 12.4. The summed E-state index contributed by atoms with van der Waals surface area (Å²) in [7, 11) is 3.22. The topological polar surface area (TPSA) is 88.1 Å². The van der Waals surface area contributed by atoms with E-state index in [2.05, 4.69) is 15.0 Å². The van der Waals surface area contributed by atoms with Crippen molar-refractivity contribution < 1.29 is 9.47 Å². The smallest absolute Gasteiger partial charge is 0.223 e. The average Bonchev–Trinajstić information content (AvgIpc) is 2.90. The minimum Gasteiger partial charge on any atom is -0.497 e. The van der Waals surface area contributed by atoms with E-state index >= 15 is 0 Å². The fourth-order valence-corrected chi connectivity index (χ4v) is 2.42. The molecule has 1 aromatic carbocycles. The molecule has 0 amide bonds. The summed E-state index contributed by atoms with van der Waals surface area (Å²) in [6.07, 6.45) is 1.65.